The van der Waals surface area contributed by atoms with Crippen LogP contribution < -0.4 is 10.2 Å². The predicted molar refractivity (Wildman–Crippen MR) is 145 cm³/mol. The summed E-state index contributed by atoms with van der Waals surface area (Å²) in [5, 5.41) is 7.90. The zero-order chi connectivity index (χ0) is 24.9. The summed E-state index contributed by atoms with van der Waals surface area (Å²) in [7, 11) is 4.16. The van der Waals surface area contributed by atoms with Crippen molar-refractivity contribution >= 4 is 33.3 Å². The minimum atomic E-state index is -0.479. The number of amides is 1. The number of carbonyl (C=O) groups is 1. The van der Waals surface area contributed by atoms with Gasteiger partial charge in [0.1, 0.15) is 5.60 Å². The highest BCUT2D eigenvalue weighted by atomic mass is 16.6. The maximum absolute atomic E-state index is 11.8. The molecule has 0 aliphatic carbocycles. The first kappa shape index (κ1) is 25.1. The maximum atomic E-state index is 11.8. The van der Waals surface area contributed by atoms with E-state index in [0.29, 0.717) is 0 Å². The number of aryl methyl sites for hydroxylation is 1. The Balaban J connectivity index is 0.000000202. The Morgan fingerprint density at radius 2 is 1.47 bits per heavy atom. The molecule has 0 aliphatic rings. The van der Waals surface area contributed by atoms with Crippen LogP contribution in [-0.4, -0.2) is 25.8 Å². The van der Waals surface area contributed by atoms with Gasteiger partial charge in [-0.3, -0.25) is 0 Å². The lowest BCUT2D eigenvalue weighted by atomic mass is 10.0. The highest BCUT2D eigenvalue weighted by Gasteiger charge is 2.18. The monoisotopic (exact) mass is 456 g/mol. The van der Waals surface area contributed by atoms with Crippen molar-refractivity contribution in [2.45, 2.75) is 46.3 Å². The molecule has 0 spiro atoms. The fourth-order valence-electron chi connectivity index (χ4n) is 3.87. The smallest absolute Gasteiger partial charge is 0.408 e. The number of ether oxygens (including phenoxy) is 1. The molecule has 0 heterocycles. The molecular weight excluding hydrogens is 420 g/mol. The first-order valence-corrected chi connectivity index (χ1v) is 11.7. The van der Waals surface area contributed by atoms with E-state index in [0.717, 1.165) is 5.56 Å². The van der Waals surface area contributed by atoms with Gasteiger partial charge in [0.25, 0.3) is 0 Å². The summed E-state index contributed by atoms with van der Waals surface area (Å²) in [5.41, 5.74) is 3.21. The average Bonchev–Trinajstić information content (AvgIpc) is 2.78. The summed E-state index contributed by atoms with van der Waals surface area (Å²) < 4.78 is 5.27. The minimum Gasteiger partial charge on any atom is -0.444 e. The second-order valence-electron chi connectivity index (χ2n) is 9.82. The zero-order valence-corrected chi connectivity index (χ0v) is 21.3. The van der Waals surface area contributed by atoms with Gasteiger partial charge in [0.15, 0.2) is 0 Å². The van der Waals surface area contributed by atoms with Gasteiger partial charge < -0.3 is 15.0 Å². The summed E-state index contributed by atoms with van der Waals surface area (Å²) in [5.74, 6) is 0. The van der Waals surface area contributed by atoms with Crippen LogP contribution in [0.1, 0.15) is 44.9 Å². The first-order chi connectivity index (χ1) is 16.0. The summed E-state index contributed by atoms with van der Waals surface area (Å²) >= 11 is 0. The fraction of sp³-hybridized carbons (Fsp3) is 0.300. The molecule has 0 aliphatic heterocycles. The van der Waals surface area contributed by atoms with Gasteiger partial charge in [-0.05, 0) is 74.0 Å². The summed E-state index contributed by atoms with van der Waals surface area (Å²) in [6.07, 6.45) is -0.391. The van der Waals surface area contributed by atoms with Crippen molar-refractivity contribution in [3.8, 4) is 0 Å². The SMILES string of the molecule is CC(NC(=O)OC(C)(C)C)c1ccc2ccccc2c1.Cc1ccc(N(C)C)c2ccccc12. The molecule has 4 aromatic rings. The highest BCUT2D eigenvalue weighted by Crippen LogP contribution is 2.27. The molecule has 4 heteroatoms. The van der Waals surface area contributed by atoms with Crippen molar-refractivity contribution in [2.75, 3.05) is 19.0 Å². The molecule has 1 atom stereocenters. The van der Waals surface area contributed by atoms with E-state index in [9.17, 15) is 4.79 Å². The standard InChI is InChI=1S/C17H21NO2.C13H15N/c1-12(18-16(19)20-17(2,3)4)14-10-9-13-7-5-6-8-15(13)11-14;1-10-8-9-13(14(2)3)12-7-5-4-6-11(10)12/h5-12H,1-4H3,(H,18,19);4-9H,1-3H3. The van der Waals surface area contributed by atoms with E-state index in [1.165, 1.54) is 32.8 Å². The van der Waals surface area contributed by atoms with Crippen LogP contribution in [0.25, 0.3) is 21.5 Å². The summed E-state index contributed by atoms with van der Waals surface area (Å²) in [4.78, 5) is 13.9. The lowest BCUT2D eigenvalue weighted by Gasteiger charge is -2.22. The maximum Gasteiger partial charge on any atom is 0.408 e. The van der Waals surface area contributed by atoms with Crippen molar-refractivity contribution in [3.63, 3.8) is 0 Å². The van der Waals surface area contributed by atoms with E-state index in [1.807, 2.05) is 45.9 Å². The lowest BCUT2D eigenvalue weighted by Crippen LogP contribution is -2.34. The van der Waals surface area contributed by atoms with E-state index >= 15 is 0 Å². The second kappa shape index (κ2) is 10.6. The lowest BCUT2D eigenvalue weighted by molar-refractivity contribution is 0.0508. The molecule has 178 valence electrons. The number of nitrogens with one attached hydrogen (secondary N) is 1. The Morgan fingerprint density at radius 3 is 2.12 bits per heavy atom. The van der Waals surface area contributed by atoms with Crippen molar-refractivity contribution in [3.05, 3.63) is 90.0 Å². The molecular formula is C30H36N2O2. The zero-order valence-electron chi connectivity index (χ0n) is 21.3. The molecule has 4 nitrogen and oxygen atoms in total. The van der Waals surface area contributed by atoms with Gasteiger partial charge in [0.05, 0.1) is 6.04 Å². The van der Waals surface area contributed by atoms with Gasteiger partial charge in [-0.2, -0.15) is 0 Å². The molecule has 0 radical (unpaired) electrons. The summed E-state index contributed by atoms with van der Waals surface area (Å²) in [6, 6.07) is 27.2. The Bertz CT molecular complexity index is 1270. The van der Waals surface area contributed by atoms with E-state index in [2.05, 4.69) is 91.9 Å². The number of fused-ring (bicyclic) bond motifs is 2. The van der Waals surface area contributed by atoms with Crippen molar-refractivity contribution in [1.29, 1.82) is 0 Å². The van der Waals surface area contributed by atoms with Crippen LogP contribution in [0.5, 0.6) is 0 Å². The third kappa shape index (κ3) is 6.50. The number of rotatable bonds is 3. The highest BCUT2D eigenvalue weighted by molar-refractivity contribution is 5.96. The number of carbonyl (C=O) groups excluding carboxylic acids is 1. The van der Waals surface area contributed by atoms with Crippen LogP contribution in [0.15, 0.2) is 78.9 Å². The second-order valence-corrected chi connectivity index (χ2v) is 9.82. The van der Waals surface area contributed by atoms with E-state index in [-0.39, 0.29) is 6.04 Å². The van der Waals surface area contributed by atoms with E-state index < -0.39 is 11.7 Å². The minimum absolute atomic E-state index is 0.0885. The van der Waals surface area contributed by atoms with Gasteiger partial charge >= 0.3 is 6.09 Å². The van der Waals surface area contributed by atoms with Gasteiger partial charge in [0.2, 0.25) is 0 Å². The molecule has 0 saturated heterocycles. The Hall–Kier alpha value is -3.53. The van der Waals surface area contributed by atoms with Gasteiger partial charge in [-0.25, -0.2) is 4.79 Å². The number of benzene rings is 4. The predicted octanol–water partition coefficient (Wildman–Crippen LogP) is 7.64. The number of nitrogens with zero attached hydrogens (tertiary/aromatic N) is 1. The van der Waals surface area contributed by atoms with Crippen molar-refractivity contribution in [2.24, 2.45) is 0 Å². The Kier molecular flexibility index (Phi) is 7.83. The van der Waals surface area contributed by atoms with Gasteiger partial charge in [0, 0.05) is 25.2 Å². The summed E-state index contributed by atoms with van der Waals surface area (Å²) in [6.45, 7) is 9.67. The third-order valence-electron chi connectivity index (χ3n) is 5.61. The number of anilines is 1. The van der Waals surface area contributed by atoms with Crippen LogP contribution in [0.3, 0.4) is 0 Å². The van der Waals surface area contributed by atoms with Crippen LogP contribution >= 0.6 is 0 Å². The molecule has 1 unspecified atom stereocenters. The molecule has 0 fully saturated rings. The molecule has 4 rings (SSSR count). The number of hydrogen-bond donors (Lipinski definition) is 1. The molecule has 1 N–H and O–H groups in total. The normalized spacial score (nSPS) is 12.0. The molecule has 0 bridgehead atoms. The first-order valence-electron chi connectivity index (χ1n) is 11.7. The quantitative estimate of drug-likeness (QED) is 0.344. The van der Waals surface area contributed by atoms with E-state index in [4.69, 9.17) is 4.74 Å². The van der Waals surface area contributed by atoms with Gasteiger partial charge in [-0.1, -0.05) is 66.7 Å². The van der Waals surface area contributed by atoms with Crippen LogP contribution in [0, 0.1) is 6.92 Å². The molecule has 0 saturated carbocycles. The molecule has 4 aromatic carbocycles. The topological polar surface area (TPSA) is 41.6 Å². The Labute approximate surface area is 203 Å². The van der Waals surface area contributed by atoms with Crippen molar-refractivity contribution in [1.82, 2.24) is 5.32 Å². The molecule has 34 heavy (non-hydrogen) atoms. The molecule has 0 aromatic heterocycles. The van der Waals surface area contributed by atoms with Crippen LogP contribution in [0.2, 0.25) is 0 Å². The largest absolute Gasteiger partial charge is 0.444 e. The number of alkyl carbamates (subject to hydrolysis) is 1. The van der Waals surface area contributed by atoms with Gasteiger partial charge in [-0.15, -0.1) is 0 Å². The number of hydrogen-bond acceptors (Lipinski definition) is 3. The fourth-order valence-corrected chi connectivity index (χ4v) is 3.87. The van der Waals surface area contributed by atoms with E-state index in [1.54, 1.807) is 0 Å². The average molecular weight is 457 g/mol. The van der Waals surface area contributed by atoms with Crippen LogP contribution in [-0.2, 0) is 4.74 Å². The van der Waals surface area contributed by atoms with Crippen molar-refractivity contribution < 1.29 is 9.53 Å². The molecule has 1 amide bonds. The Morgan fingerprint density at radius 1 is 0.853 bits per heavy atom. The van der Waals surface area contributed by atoms with Crippen LogP contribution in [0.4, 0.5) is 10.5 Å². The third-order valence-corrected chi connectivity index (χ3v) is 5.61.